The van der Waals surface area contributed by atoms with Gasteiger partial charge in [-0.2, -0.15) is 28.2 Å². The minimum Gasteiger partial charge on any atom is -0.378 e. The molecule has 1 aromatic carbocycles. The molecule has 10 nitrogen and oxygen atoms in total. The van der Waals surface area contributed by atoms with Crippen molar-refractivity contribution in [2.45, 2.75) is 36.5 Å². The van der Waals surface area contributed by atoms with Crippen LogP contribution in [0.1, 0.15) is 24.8 Å². The van der Waals surface area contributed by atoms with Gasteiger partial charge in [-0.1, -0.05) is 0 Å². The number of halogens is 3. The first-order valence-electron chi connectivity index (χ1n) is 11.1. The molecule has 0 unspecified atom stereocenters. The van der Waals surface area contributed by atoms with Crippen molar-refractivity contribution in [1.82, 2.24) is 20.2 Å². The molecule has 0 spiro atoms. The first-order chi connectivity index (χ1) is 16.6. The number of hydrogen-bond donors (Lipinski definition) is 3. The second kappa shape index (κ2) is 8.82. The molecular weight excluding hydrogens is 487 g/mol. The van der Waals surface area contributed by atoms with E-state index in [0.29, 0.717) is 32.0 Å². The molecule has 2 aliphatic rings. The molecule has 3 N–H and O–H groups in total. The lowest BCUT2D eigenvalue weighted by Gasteiger charge is -2.29. The molecule has 0 radical (unpaired) electrons. The van der Waals surface area contributed by atoms with Crippen molar-refractivity contribution in [2.75, 3.05) is 48.1 Å². The van der Waals surface area contributed by atoms with Crippen molar-refractivity contribution < 1.29 is 26.3 Å². The summed E-state index contributed by atoms with van der Waals surface area (Å²) in [5.74, 6) is 0.0744. The van der Waals surface area contributed by atoms with Crippen molar-refractivity contribution in [3.63, 3.8) is 0 Å². The van der Waals surface area contributed by atoms with Crippen molar-refractivity contribution >= 4 is 44.0 Å². The standard InChI is InChI=1S/C21H24F3N7O3S/c1-35(32,33)19-16-17(25-12-3-2-4-12)27-20(28-18(16)29-30-19)26-15-6-5-13(11-14(15)21(22,23)24)31-7-9-34-10-8-31/h5-6,11-12H,2-4,7-10H2,1H3,(H3,25,26,27,28,29,30). The summed E-state index contributed by atoms with van der Waals surface area (Å²) in [5.41, 5.74) is -0.608. The van der Waals surface area contributed by atoms with Gasteiger partial charge in [0.25, 0.3) is 0 Å². The third-order valence-corrected chi connectivity index (χ3v) is 7.17. The van der Waals surface area contributed by atoms with Crippen molar-refractivity contribution in [3.8, 4) is 0 Å². The van der Waals surface area contributed by atoms with E-state index < -0.39 is 21.6 Å². The van der Waals surface area contributed by atoms with E-state index in [0.717, 1.165) is 31.6 Å². The maximum Gasteiger partial charge on any atom is 0.418 e. The van der Waals surface area contributed by atoms with Gasteiger partial charge in [-0.15, -0.1) is 0 Å². The summed E-state index contributed by atoms with van der Waals surface area (Å²) in [4.78, 5) is 10.4. The molecule has 35 heavy (non-hydrogen) atoms. The first-order valence-corrected chi connectivity index (χ1v) is 13.0. The molecule has 14 heteroatoms. The molecule has 0 amide bonds. The Morgan fingerprint density at radius 1 is 1.17 bits per heavy atom. The van der Waals surface area contributed by atoms with E-state index in [9.17, 15) is 21.6 Å². The van der Waals surface area contributed by atoms with Crippen LogP contribution in [-0.2, 0) is 20.8 Å². The number of rotatable bonds is 6. The molecule has 1 saturated heterocycles. The number of hydrogen-bond acceptors (Lipinski definition) is 9. The van der Waals surface area contributed by atoms with Gasteiger partial charge in [0.15, 0.2) is 20.5 Å². The number of H-pyrrole nitrogens is 1. The number of morpholine rings is 1. The number of aromatic nitrogens is 4. The number of anilines is 4. The van der Waals surface area contributed by atoms with Gasteiger partial charge in [-0.05, 0) is 37.5 Å². The van der Waals surface area contributed by atoms with Gasteiger partial charge in [-0.3, -0.25) is 5.10 Å². The van der Waals surface area contributed by atoms with Crippen LogP contribution in [0.3, 0.4) is 0 Å². The average molecular weight is 512 g/mol. The second-order valence-electron chi connectivity index (χ2n) is 8.64. The first kappa shape index (κ1) is 23.6. The van der Waals surface area contributed by atoms with Crippen LogP contribution in [0.2, 0.25) is 0 Å². The predicted octanol–water partition coefficient (Wildman–Crippen LogP) is 3.32. The minimum atomic E-state index is -4.63. The number of benzene rings is 1. The Labute approximate surface area is 199 Å². The lowest BCUT2D eigenvalue weighted by Crippen LogP contribution is -2.36. The molecule has 1 saturated carbocycles. The van der Waals surface area contributed by atoms with E-state index in [1.54, 1.807) is 6.07 Å². The smallest absolute Gasteiger partial charge is 0.378 e. The summed E-state index contributed by atoms with van der Waals surface area (Å²) in [5, 5.41) is 12.3. The molecule has 1 aliphatic heterocycles. The van der Waals surface area contributed by atoms with Crippen molar-refractivity contribution in [2.24, 2.45) is 0 Å². The topological polar surface area (TPSA) is 125 Å². The average Bonchev–Trinajstić information content (AvgIpc) is 3.21. The van der Waals surface area contributed by atoms with Crippen LogP contribution in [-0.4, -0.2) is 67.2 Å². The van der Waals surface area contributed by atoms with Gasteiger partial charge in [0.05, 0.1) is 24.5 Å². The predicted molar refractivity (Wildman–Crippen MR) is 124 cm³/mol. The maximum atomic E-state index is 14.0. The lowest BCUT2D eigenvalue weighted by atomic mass is 9.93. The third-order valence-electron chi connectivity index (χ3n) is 6.13. The highest BCUT2D eigenvalue weighted by molar-refractivity contribution is 7.90. The maximum absolute atomic E-state index is 14.0. The molecule has 1 aliphatic carbocycles. The van der Waals surface area contributed by atoms with E-state index in [2.05, 4.69) is 30.8 Å². The van der Waals surface area contributed by atoms with Crippen LogP contribution in [0.4, 0.5) is 36.3 Å². The van der Waals surface area contributed by atoms with Crippen LogP contribution in [0.5, 0.6) is 0 Å². The lowest BCUT2D eigenvalue weighted by molar-refractivity contribution is -0.136. The Morgan fingerprint density at radius 3 is 2.54 bits per heavy atom. The van der Waals surface area contributed by atoms with E-state index in [1.165, 1.54) is 6.07 Å². The quantitative estimate of drug-likeness (QED) is 0.457. The Balaban J connectivity index is 1.54. The minimum absolute atomic E-state index is 0.0308. The zero-order valence-electron chi connectivity index (χ0n) is 18.8. The van der Waals surface area contributed by atoms with E-state index >= 15 is 0 Å². The van der Waals surface area contributed by atoms with Crippen LogP contribution < -0.4 is 15.5 Å². The fourth-order valence-corrected chi connectivity index (χ4v) is 4.86. The highest BCUT2D eigenvalue weighted by atomic mass is 32.2. The summed E-state index contributed by atoms with van der Waals surface area (Å²) in [6, 6.07) is 4.12. The van der Waals surface area contributed by atoms with Gasteiger partial charge in [0.2, 0.25) is 5.95 Å². The Kier molecular flexibility index (Phi) is 5.95. The molecule has 0 bridgehead atoms. The molecule has 0 atom stereocenters. The monoisotopic (exact) mass is 511 g/mol. The van der Waals surface area contributed by atoms with Gasteiger partial charge in [-0.25, -0.2) is 8.42 Å². The van der Waals surface area contributed by atoms with Crippen LogP contribution in [0.15, 0.2) is 23.2 Å². The largest absolute Gasteiger partial charge is 0.418 e. The number of aromatic amines is 1. The highest BCUT2D eigenvalue weighted by Crippen LogP contribution is 2.39. The van der Waals surface area contributed by atoms with E-state index in [1.807, 2.05) is 4.90 Å². The number of sulfone groups is 1. The van der Waals surface area contributed by atoms with Crippen LogP contribution in [0.25, 0.3) is 11.0 Å². The number of fused-ring (bicyclic) bond motifs is 1. The third kappa shape index (κ3) is 4.85. The zero-order valence-corrected chi connectivity index (χ0v) is 19.6. The molecule has 3 aromatic rings. The second-order valence-corrected chi connectivity index (χ2v) is 10.6. The number of ether oxygens (including phenoxy) is 1. The fraction of sp³-hybridized carbons (Fsp3) is 0.476. The number of alkyl halides is 3. The summed E-state index contributed by atoms with van der Waals surface area (Å²) in [7, 11) is -3.67. The van der Waals surface area contributed by atoms with E-state index in [4.69, 9.17) is 4.74 Å². The van der Waals surface area contributed by atoms with E-state index in [-0.39, 0.29) is 39.6 Å². The van der Waals surface area contributed by atoms with Crippen LogP contribution >= 0.6 is 0 Å². The Hall–Kier alpha value is -3.13. The number of nitrogens with zero attached hydrogens (tertiary/aromatic N) is 4. The number of nitrogens with one attached hydrogen (secondary N) is 3. The zero-order chi connectivity index (χ0) is 24.8. The van der Waals surface area contributed by atoms with Gasteiger partial charge in [0.1, 0.15) is 11.2 Å². The van der Waals surface area contributed by atoms with Gasteiger partial charge < -0.3 is 20.3 Å². The molecule has 5 rings (SSSR count). The fourth-order valence-electron chi connectivity index (χ4n) is 4.09. The SMILES string of the molecule is CS(=O)(=O)c1[nH]nc2nc(Nc3ccc(N4CCOCC4)cc3C(F)(F)F)nc(NC3CCC3)c12. The highest BCUT2D eigenvalue weighted by Gasteiger charge is 2.35. The van der Waals surface area contributed by atoms with Crippen molar-refractivity contribution in [1.29, 1.82) is 0 Å². The Morgan fingerprint density at radius 2 is 1.91 bits per heavy atom. The molecule has 2 aromatic heterocycles. The summed E-state index contributed by atoms with van der Waals surface area (Å²) in [6.07, 6.45) is -0.822. The molecule has 3 heterocycles. The van der Waals surface area contributed by atoms with Crippen molar-refractivity contribution in [3.05, 3.63) is 23.8 Å². The van der Waals surface area contributed by atoms with Crippen LogP contribution in [0, 0.1) is 0 Å². The summed E-state index contributed by atoms with van der Waals surface area (Å²) in [6.45, 7) is 1.90. The van der Waals surface area contributed by atoms with Gasteiger partial charge >= 0.3 is 6.18 Å². The molecular formula is C21H24F3N7O3S. The van der Waals surface area contributed by atoms with Gasteiger partial charge in [0, 0.05) is 31.1 Å². The molecule has 2 fully saturated rings. The Bertz CT molecular complexity index is 1350. The summed E-state index contributed by atoms with van der Waals surface area (Å²) < 4.78 is 71.6. The molecule has 188 valence electrons. The summed E-state index contributed by atoms with van der Waals surface area (Å²) >= 11 is 0. The normalized spacial score (nSPS) is 17.4.